The fraction of sp³-hybridized carbons (Fsp3) is 0.333. The van der Waals surface area contributed by atoms with Gasteiger partial charge in [-0.2, -0.15) is 0 Å². The molecular weight excluding hydrogens is 260 g/mol. The standard InChI is InChI=1S/C12H13ClO5/c1-6(13)10(14)8-4-3-7(18-2)5-9(8)11(15)12(16)17/h3-6,11,15H,1-2H3,(H,16,17). The maximum absolute atomic E-state index is 11.8. The third-order valence-electron chi connectivity index (χ3n) is 2.41. The third-order valence-corrected chi connectivity index (χ3v) is 2.61. The highest BCUT2D eigenvalue weighted by molar-refractivity contribution is 6.33. The van der Waals surface area contributed by atoms with E-state index in [1.807, 2.05) is 0 Å². The zero-order chi connectivity index (χ0) is 13.9. The van der Waals surface area contributed by atoms with Gasteiger partial charge in [0.1, 0.15) is 5.75 Å². The number of rotatable bonds is 5. The number of aliphatic hydroxyl groups excluding tert-OH is 1. The van der Waals surface area contributed by atoms with Crippen molar-refractivity contribution in [2.24, 2.45) is 0 Å². The fourth-order valence-electron chi connectivity index (χ4n) is 1.47. The van der Waals surface area contributed by atoms with Gasteiger partial charge in [0, 0.05) is 11.1 Å². The summed E-state index contributed by atoms with van der Waals surface area (Å²) in [6.45, 7) is 1.48. The van der Waals surface area contributed by atoms with Gasteiger partial charge in [0.05, 0.1) is 12.5 Å². The number of carboxylic acids is 1. The van der Waals surface area contributed by atoms with Crippen LogP contribution in [-0.4, -0.2) is 34.5 Å². The molecule has 6 heteroatoms. The van der Waals surface area contributed by atoms with Crippen molar-refractivity contribution in [3.8, 4) is 5.75 Å². The molecule has 0 bridgehead atoms. The third kappa shape index (κ3) is 3.00. The first-order valence-electron chi connectivity index (χ1n) is 5.15. The van der Waals surface area contributed by atoms with Crippen molar-refractivity contribution in [2.75, 3.05) is 7.11 Å². The second-order valence-electron chi connectivity index (χ2n) is 3.67. The SMILES string of the molecule is COc1ccc(C(=O)C(C)Cl)c(C(O)C(=O)O)c1. The Balaban J connectivity index is 3.33. The lowest BCUT2D eigenvalue weighted by molar-refractivity contribution is -0.146. The number of carbonyl (C=O) groups excluding carboxylic acids is 1. The Morgan fingerprint density at radius 3 is 2.44 bits per heavy atom. The van der Waals surface area contributed by atoms with Crippen LogP contribution in [0, 0.1) is 0 Å². The first-order valence-corrected chi connectivity index (χ1v) is 5.59. The minimum Gasteiger partial charge on any atom is -0.497 e. The van der Waals surface area contributed by atoms with Gasteiger partial charge >= 0.3 is 5.97 Å². The molecule has 0 amide bonds. The molecule has 0 saturated carbocycles. The first kappa shape index (κ1) is 14.5. The highest BCUT2D eigenvalue weighted by Crippen LogP contribution is 2.25. The van der Waals surface area contributed by atoms with E-state index >= 15 is 0 Å². The van der Waals surface area contributed by atoms with Crippen LogP contribution in [0.25, 0.3) is 0 Å². The number of hydrogen-bond acceptors (Lipinski definition) is 4. The molecule has 0 saturated heterocycles. The zero-order valence-electron chi connectivity index (χ0n) is 9.88. The predicted octanol–water partition coefficient (Wildman–Crippen LogP) is 1.62. The van der Waals surface area contributed by atoms with Crippen LogP contribution >= 0.6 is 11.6 Å². The van der Waals surface area contributed by atoms with E-state index in [0.29, 0.717) is 5.75 Å². The summed E-state index contributed by atoms with van der Waals surface area (Å²) in [5, 5.41) is 17.6. The molecule has 1 aromatic rings. The molecular formula is C12H13ClO5. The van der Waals surface area contributed by atoms with Gasteiger partial charge in [0.15, 0.2) is 11.9 Å². The van der Waals surface area contributed by atoms with E-state index in [0.717, 1.165) is 0 Å². The van der Waals surface area contributed by atoms with E-state index < -0.39 is 23.2 Å². The number of aliphatic carboxylic acids is 1. The van der Waals surface area contributed by atoms with Crippen LogP contribution in [0.3, 0.4) is 0 Å². The lowest BCUT2D eigenvalue weighted by Crippen LogP contribution is -2.18. The number of ether oxygens (including phenoxy) is 1. The number of methoxy groups -OCH3 is 1. The van der Waals surface area contributed by atoms with Crippen LogP contribution in [0.5, 0.6) is 5.75 Å². The summed E-state index contributed by atoms with van der Waals surface area (Å²) in [5.41, 5.74) is 0.0487. The van der Waals surface area contributed by atoms with E-state index in [4.69, 9.17) is 21.4 Å². The summed E-state index contributed by atoms with van der Waals surface area (Å²) < 4.78 is 4.93. The topological polar surface area (TPSA) is 83.8 Å². The van der Waals surface area contributed by atoms with E-state index in [1.165, 1.54) is 32.2 Å². The molecule has 5 nitrogen and oxygen atoms in total. The van der Waals surface area contributed by atoms with Crippen molar-refractivity contribution in [3.05, 3.63) is 29.3 Å². The number of ketones is 1. The van der Waals surface area contributed by atoms with Gasteiger partial charge in [-0.05, 0) is 25.1 Å². The molecule has 0 aliphatic heterocycles. The quantitative estimate of drug-likeness (QED) is 0.629. The number of halogens is 1. The van der Waals surface area contributed by atoms with Crippen LogP contribution in [0.1, 0.15) is 28.9 Å². The van der Waals surface area contributed by atoms with Crippen molar-refractivity contribution in [3.63, 3.8) is 0 Å². The van der Waals surface area contributed by atoms with E-state index in [9.17, 15) is 14.7 Å². The Morgan fingerprint density at radius 2 is 2.00 bits per heavy atom. The maximum atomic E-state index is 11.8. The number of benzene rings is 1. The second-order valence-corrected chi connectivity index (χ2v) is 4.33. The molecule has 98 valence electrons. The number of carboxylic acid groups (broad SMARTS) is 1. The van der Waals surface area contributed by atoms with Crippen LogP contribution in [0.4, 0.5) is 0 Å². The summed E-state index contributed by atoms with van der Waals surface area (Å²) in [6, 6.07) is 4.21. The average molecular weight is 273 g/mol. The molecule has 0 fully saturated rings. The van der Waals surface area contributed by atoms with Crippen LogP contribution in [0.2, 0.25) is 0 Å². The molecule has 0 aromatic heterocycles. The van der Waals surface area contributed by atoms with E-state index in [2.05, 4.69) is 0 Å². The molecule has 18 heavy (non-hydrogen) atoms. The monoisotopic (exact) mass is 272 g/mol. The number of Topliss-reactive ketones (excluding diaryl/α,β-unsaturated/α-hetero) is 1. The number of carbonyl (C=O) groups is 2. The predicted molar refractivity (Wildman–Crippen MR) is 65.2 cm³/mol. The minimum absolute atomic E-state index is 0.0284. The number of alkyl halides is 1. The summed E-state index contributed by atoms with van der Waals surface area (Å²) in [4.78, 5) is 22.6. The molecule has 0 aliphatic rings. The number of hydrogen-bond donors (Lipinski definition) is 2. The van der Waals surface area contributed by atoms with E-state index in [1.54, 1.807) is 0 Å². The Labute approximate surface area is 109 Å². The van der Waals surface area contributed by atoms with Gasteiger partial charge in [-0.3, -0.25) is 4.79 Å². The largest absolute Gasteiger partial charge is 0.497 e. The van der Waals surface area contributed by atoms with Gasteiger partial charge in [-0.25, -0.2) is 4.79 Å². The average Bonchev–Trinajstić information content (AvgIpc) is 2.35. The van der Waals surface area contributed by atoms with Gasteiger partial charge in [-0.1, -0.05) is 0 Å². The summed E-state index contributed by atoms with van der Waals surface area (Å²) in [7, 11) is 1.40. The summed E-state index contributed by atoms with van der Waals surface area (Å²) in [5.74, 6) is -1.54. The number of aliphatic hydroxyl groups is 1. The molecule has 0 radical (unpaired) electrons. The molecule has 2 N–H and O–H groups in total. The maximum Gasteiger partial charge on any atom is 0.337 e. The van der Waals surface area contributed by atoms with Gasteiger partial charge in [0.25, 0.3) is 0 Å². The minimum atomic E-state index is -1.80. The normalized spacial score (nSPS) is 13.8. The lowest BCUT2D eigenvalue weighted by atomic mass is 9.97. The second kappa shape index (κ2) is 5.84. The van der Waals surface area contributed by atoms with Gasteiger partial charge in [0.2, 0.25) is 0 Å². The molecule has 0 aliphatic carbocycles. The summed E-state index contributed by atoms with van der Waals surface area (Å²) >= 11 is 5.68. The molecule has 1 aromatic carbocycles. The smallest absolute Gasteiger partial charge is 0.337 e. The molecule has 2 unspecified atom stereocenters. The highest BCUT2D eigenvalue weighted by Gasteiger charge is 2.25. The molecule has 1 rings (SSSR count). The Bertz CT molecular complexity index is 470. The van der Waals surface area contributed by atoms with Crippen molar-refractivity contribution < 1.29 is 24.5 Å². The molecule has 0 heterocycles. The van der Waals surface area contributed by atoms with Crippen molar-refractivity contribution in [2.45, 2.75) is 18.4 Å². The van der Waals surface area contributed by atoms with Crippen LogP contribution < -0.4 is 4.74 Å². The molecule has 2 atom stereocenters. The van der Waals surface area contributed by atoms with Gasteiger partial charge < -0.3 is 14.9 Å². The van der Waals surface area contributed by atoms with Crippen molar-refractivity contribution in [1.29, 1.82) is 0 Å². The Morgan fingerprint density at radius 1 is 1.39 bits per heavy atom. The highest BCUT2D eigenvalue weighted by atomic mass is 35.5. The van der Waals surface area contributed by atoms with E-state index in [-0.39, 0.29) is 11.1 Å². The fourth-order valence-corrected chi connectivity index (χ4v) is 1.58. The summed E-state index contributed by atoms with van der Waals surface area (Å²) in [6.07, 6.45) is -1.80. The van der Waals surface area contributed by atoms with Crippen LogP contribution in [0.15, 0.2) is 18.2 Å². The van der Waals surface area contributed by atoms with Crippen molar-refractivity contribution >= 4 is 23.4 Å². The Kier molecular flexibility index (Phi) is 4.69. The van der Waals surface area contributed by atoms with Gasteiger partial charge in [-0.15, -0.1) is 11.6 Å². The zero-order valence-corrected chi connectivity index (χ0v) is 10.6. The molecule has 0 spiro atoms. The first-order chi connectivity index (χ1) is 8.38. The van der Waals surface area contributed by atoms with Crippen LogP contribution in [-0.2, 0) is 4.79 Å². The lowest BCUT2D eigenvalue weighted by Gasteiger charge is -2.14. The Hall–Kier alpha value is -1.59. The van der Waals surface area contributed by atoms with Crippen molar-refractivity contribution in [1.82, 2.24) is 0 Å².